The number of benzene rings is 1. The minimum absolute atomic E-state index is 0.320. The number of carbonyl (C=O) groups excluding carboxylic acids is 1. The Kier molecular flexibility index (Phi) is 3.53. The Morgan fingerprint density at radius 2 is 1.84 bits per heavy atom. The summed E-state index contributed by atoms with van der Waals surface area (Å²) in [5, 5.41) is 11.0. The van der Waals surface area contributed by atoms with Crippen molar-refractivity contribution < 1.29 is 13.8 Å². The molecule has 1 aromatic carbocycles. The molecule has 3 heterocycles. The fraction of sp³-hybridized carbons (Fsp3) is 0.111. The SMILES string of the molecule is Cc1cc(NC(=O)c2cc(-c3ccccc3)nc3onc(C)c23)no1. The van der Waals surface area contributed by atoms with Gasteiger partial charge in [-0.1, -0.05) is 40.6 Å². The Bertz CT molecular complexity index is 1070. The average Bonchev–Trinajstić information content (AvgIpc) is 3.20. The molecule has 0 atom stereocenters. The van der Waals surface area contributed by atoms with Crippen molar-refractivity contribution in [1.29, 1.82) is 0 Å². The molecule has 0 unspecified atom stereocenters. The number of carbonyl (C=O) groups is 1. The number of amides is 1. The highest BCUT2D eigenvalue weighted by molar-refractivity contribution is 6.12. The highest BCUT2D eigenvalue weighted by Gasteiger charge is 2.20. The van der Waals surface area contributed by atoms with Crippen LogP contribution in [0.3, 0.4) is 0 Å². The van der Waals surface area contributed by atoms with Crippen LogP contribution in [0.1, 0.15) is 21.8 Å². The standard InChI is InChI=1S/C18H14N4O3/c1-10-8-15(22-24-10)20-17(23)13-9-14(12-6-4-3-5-7-12)19-18-16(13)11(2)21-25-18/h3-9H,1-2H3,(H,20,22,23). The predicted octanol–water partition coefficient (Wildman–Crippen LogP) is 3.75. The second kappa shape index (κ2) is 5.86. The van der Waals surface area contributed by atoms with Gasteiger partial charge in [0.2, 0.25) is 0 Å². The zero-order chi connectivity index (χ0) is 17.4. The number of hydrogen-bond acceptors (Lipinski definition) is 6. The van der Waals surface area contributed by atoms with Crippen molar-refractivity contribution in [2.75, 3.05) is 5.32 Å². The second-order valence-corrected chi connectivity index (χ2v) is 5.65. The summed E-state index contributed by atoms with van der Waals surface area (Å²) in [5.74, 6) is 0.633. The lowest BCUT2D eigenvalue weighted by atomic mass is 10.1. The second-order valence-electron chi connectivity index (χ2n) is 5.65. The molecule has 7 heteroatoms. The van der Waals surface area contributed by atoms with Crippen molar-refractivity contribution in [3.63, 3.8) is 0 Å². The van der Waals surface area contributed by atoms with Crippen molar-refractivity contribution in [3.05, 3.63) is 59.5 Å². The normalized spacial score (nSPS) is 11.0. The number of pyridine rings is 1. The number of aryl methyl sites for hydroxylation is 2. The van der Waals surface area contributed by atoms with Crippen molar-refractivity contribution >= 4 is 22.8 Å². The monoisotopic (exact) mass is 334 g/mol. The van der Waals surface area contributed by atoms with Gasteiger partial charge in [-0.3, -0.25) is 4.79 Å². The Balaban J connectivity index is 1.83. The van der Waals surface area contributed by atoms with Gasteiger partial charge in [-0.15, -0.1) is 0 Å². The first-order valence-corrected chi connectivity index (χ1v) is 7.69. The molecule has 0 fully saturated rings. The molecular weight excluding hydrogens is 320 g/mol. The van der Waals surface area contributed by atoms with Gasteiger partial charge in [0.05, 0.1) is 22.3 Å². The van der Waals surface area contributed by atoms with Crippen LogP contribution in [0.2, 0.25) is 0 Å². The molecule has 25 heavy (non-hydrogen) atoms. The van der Waals surface area contributed by atoms with Crippen LogP contribution in [-0.2, 0) is 0 Å². The zero-order valence-corrected chi connectivity index (χ0v) is 13.6. The molecule has 0 radical (unpaired) electrons. The Hall–Kier alpha value is -3.48. The summed E-state index contributed by atoms with van der Waals surface area (Å²) in [6.45, 7) is 3.53. The van der Waals surface area contributed by atoms with Gasteiger partial charge in [0.25, 0.3) is 11.6 Å². The van der Waals surface area contributed by atoms with Crippen LogP contribution >= 0.6 is 0 Å². The van der Waals surface area contributed by atoms with Gasteiger partial charge in [0, 0.05) is 11.6 Å². The summed E-state index contributed by atoms with van der Waals surface area (Å²) < 4.78 is 10.3. The van der Waals surface area contributed by atoms with Gasteiger partial charge in [-0.2, -0.15) is 0 Å². The first-order valence-electron chi connectivity index (χ1n) is 7.69. The fourth-order valence-corrected chi connectivity index (χ4v) is 2.64. The lowest BCUT2D eigenvalue weighted by Crippen LogP contribution is -2.13. The maximum atomic E-state index is 12.8. The van der Waals surface area contributed by atoms with E-state index >= 15 is 0 Å². The lowest BCUT2D eigenvalue weighted by Gasteiger charge is -2.06. The highest BCUT2D eigenvalue weighted by Crippen LogP contribution is 2.27. The minimum atomic E-state index is -0.329. The molecule has 1 amide bonds. The molecule has 0 aliphatic rings. The molecular formula is C18H14N4O3. The molecule has 7 nitrogen and oxygen atoms in total. The van der Waals surface area contributed by atoms with E-state index in [1.54, 1.807) is 26.0 Å². The number of rotatable bonds is 3. The third-order valence-corrected chi connectivity index (χ3v) is 3.80. The third-order valence-electron chi connectivity index (χ3n) is 3.80. The molecule has 1 N–H and O–H groups in total. The van der Waals surface area contributed by atoms with Gasteiger partial charge in [-0.25, -0.2) is 4.98 Å². The van der Waals surface area contributed by atoms with Crippen molar-refractivity contribution in [2.45, 2.75) is 13.8 Å². The third kappa shape index (κ3) is 2.76. The van der Waals surface area contributed by atoms with E-state index in [1.165, 1.54) is 0 Å². The highest BCUT2D eigenvalue weighted by atomic mass is 16.5. The van der Waals surface area contributed by atoms with E-state index in [9.17, 15) is 4.79 Å². The number of anilines is 1. The molecule has 4 aromatic rings. The van der Waals surface area contributed by atoms with Gasteiger partial charge in [0.15, 0.2) is 5.82 Å². The summed E-state index contributed by atoms with van der Waals surface area (Å²) >= 11 is 0. The van der Waals surface area contributed by atoms with E-state index in [0.717, 1.165) is 5.56 Å². The quantitative estimate of drug-likeness (QED) is 0.613. The number of fused-ring (bicyclic) bond motifs is 1. The number of nitrogens with zero attached hydrogens (tertiary/aromatic N) is 3. The van der Waals surface area contributed by atoms with E-state index in [0.29, 0.717) is 39.6 Å². The first kappa shape index (κ1) is 15.1. The molecule has 0 saturated heterocycles. The van der Waals surface area contributed by atoms with Crippen LogP contribution in [0.25, 0.3) is 22.4 Å². The lowest BCUT2D eigenvalue weighted by molar-refractivity contribution is 0.102. The molecule has 124 valence electrons. The number of hydrogen-bond donors (Lipinski definition) is 1. The van der Waals surface area contributed by atoms with Gasteiger partial charge in [-0.05, 0) is 19.9 Å². The molecule has 3 aromatic heterocycles. The summed E-state index contributed by atoms with van der Waals surface area (Å²) in [7, 11) is 0. The maximum Gasteiger partial charge on any atom is 0.259 e. The Morgan fingerprint density at radius 1 is 1.04 bits per heavy atom. The molecule has 0 bridgehead atoms. The molecule has 0 spiro atoms. The van der Waals surface area contributed by atoms with Gasteiger partial charge in [0.1, 0.15) is 5.76 Å². The summed E-state index contributed by atoms with van der Waals surface area (Å²) in [5.41, 5.74) is 2.85. The fourth-order valence-electron chi connectivity index (χ4n) is 2.64. The zero-order valence-electron chi connectivity index (χ0n) is 13.6. The minimum Gasteiger partial charge on any atom is -0.360 e. The van der Waals surface area contributed by atoms with E-state index < -0.39 is 0 Å². The van der Waals surface area contributed by atoms with Crippen LogP contribution < -0.4 is 5.32 Å². The van der Waals surface area contributed by atoms with Crippen LogP contribution in [0, 0.1) is 13.8 Å². The number of aromatic nitrogens is 3. The van der Waals surface area contributed by atoms with Crippen molar-refractivity contribution in [1.82, 2.24) is 15.3 Å². The first-order chi connectivity index (χ1) is 12.1. The Labute approximate surface area is 142 Å². The van der Waals surface area contributed by atoms with Gasteiger partial charge >= 0.3 is 0 Å². The van der Waals surface area contributed by atoms with E-state index in [-0.39, 0.29) is 5.91 Å². The van der Waals surface area contributed by atoms with Gasteiger partial charge < -0.3 is 14.4 Å². The molecule has 0 aliphatic heterocycles. The molecule has 0 aliphatic carbocycles. The largest absolute Gasteiger partial charge is 0.360 e. The topological polar surface area (TPSA) is 94.1 Å². The van der Waals surface area contributed by atoms with Crippen molar-refractivity contribution in [2.24, 2.45) is 0 Å². The van der Waals surface area contributed by atoms with E-state index in [4.69, 9.17) is 9.05 Å². The summed E-state index contributed by atoms with van der Waals surface area (Å²) in [6.07, 6.45) is 0. The predicted molar refractivity (Wildman–Crippen MR) is 91.2 cm³/mol. The number of nitrogens with one attached hydrogen (secondary N) is 1. The van der Waals surface area contributed by atoms with E-state index in [2.05, 4.69) is 20.6 Å². The maximum absolute atomic E-state index is 12.8. The average molecular weight is 334 g/mol. The van der Waals surface area contributed by atoms with Crippen LogP contribution in [0.4, 0.5) is 5.82 Å². The molecule has 4 rings (SSSR count). The van der Waals surface area contributed by atoms with Crippen molar-refractivity contribution in [3.8, 4) is 11.3 Å². The molecule has 0 saturated carbocycles. The summed E-state index contributed by atoms with van der Waals surface area (Å²) in [4.78, 5) is 17.3. The Morgan fingerprint density at radius 3 is 2.56 bits per heavy atom. The van der Waals surface area contributed by atoms with Crippen LogP contribution in [0.15, 0.2) is 51.5 Å². The smallest absolute Gasteiger partial charge is 0.259 e. The van der Waals surface area contributed by atoms with Crippen LogP contribution in [-0.4, -0.2) is 21.2 Å². The van der Waals surface area contributed by atoms with E-state index in [1.807, 2.05) is 30.3 Å². The summed E-state index contributed by atoms with van der Waals surface area (Å²) in [6, 6.07) is 12.9. The van der Waals surface area contributed by atoms with Crippen LogP contribution in [0.5, 0.6) is 0 Å².